The predicted octanol–water partition coefficient (Wildman–Crippen LogP) is 8.04. The monoisotopic (exact) mass is 2950 g/mol. The number of aryl methyl sites for hydroxylation is 4. The first kappa shape index (κ1) is 152. The number of likely N-dealkylation sites (N-methyl/N-ethyl adjacent to an activating group) is 4. The number of amides is 4. The summed E-state index contributed by atoms with van der Waals surface area (Å²) in [6, 6.07) is 20.3. The van der Waals surface area contributed by atoms with E-state index in [2.05, 4.69) is 104 Å². The Balaban J connectivity index is -0.000000909. The van der Waals surface area contributed by atoms with Crippen molar-refractivity contribution in [3.8, 4) is 0 Å². The number of ketones is 8. The number of nitrogens with zero attached hydrogens (tertiary/aromatic N) is 12. The average Bonchev–Trinajstić information content (AvgIpc) is 0.797. The summed E-state index contributed by atoms with van der Waals surface area (Å²) in [7, 11) is 7.27. The van der Waals surface area contributed by atoms with E-state index in [4.69, 9.17) is 0 Å². The van der Waals surface area contributed by atoms with Gasteiger partial charge in [0.15, 0.2) is 70.3 Å². The molecular formula is C92H112F4N24O16Y12-4. The molecule has 0 aliphatic carbocycles. The summed E-state index contributed by atoms with van der Waals surface area (Å²) in [4.78, 5) is 226. The van der Waals surface area contributed by atoms with Crippen LogP contribution in [0.2, 0.25) is 0 Å². The van der Waals surface area contributed by atoms with E-state index in [1.807, 2.05) is 47.8 Å². The summed E-state index contributed by atoms with van der Waals surface area (Å²) in [5.74, 6) is -2.20. The van der Waals surface area contributed by atoms with Crippen LogP contribution in [-0.2, 0) is 431 Å². The standard InChI is InChI=1S/4C23H29FN6O4.12Y/c2*1-12(31)18(24)9-19(13(2)32)29-22(33)15-5-7-16(8-6-15)25-10-17-11-26-21-20(30(17)4)23(34)28-14(3)27-21;2*1-12(31)9-18(24)19(13(2)32)29-22(33)15-5-7-16(8-6-15)25-10-17-11-26-21-20(30(17)4)23(34)28-14(3)27-21;;;;;;;;;;;;/h4*5-8,17-19H,9-11H2,1-4H3,(H4,25,26,27,28,29,33,34);;;;;;;;;;;;/p-4/t4*17?,18?,19-;;;;;;;;;;;;/m1010............/s1/i4*24-1;;;;;;;;;;;;. The van der Waals surface area contributed by atoms with Crippen LogP contribution in [0.3, 0.4) is 0 Å². The number of carbonyl (C=O) groups is 12. The van der Waals surface area contributed by atoms with E-state index < -0.39 is 144 Å². The van der Waals surface area contributed by atoms with Crippen molar-refractivity contribution in [3.63, 3.8) is 0 Å². The molecule has 8 heterocycles. The van der Waals surface area contributed by atoms with Crippen molar-refractivity contribution in [2.45, 2.75) is 182 Å². The van der Waals surface area contributed by atoms with E-state index in [-0.39, 0.29) is 461 Å². The first-order valence-electron chi connectivity index (χ1n) is 43.5. The fourth-order valence-corrected chi connectivity index (χ4v) is 14.7. The number of aromatic nitrogens is 8. The van der Waals surface area contributed by atoms with Gasteiger partial charge in [0.2, 0.25) is 0 Å². The summed E-state index contributed by atoms with van der Waals surface area (Å²) in [6.45, 7) is 20.2. The average molecular weight is 2950 g/mol. The molecule has 12 rings (SSSR count). The molecule has 0 spiro atoms. The molecule has 4 aromatic carbocycles. The summed E-state index contributed by atoms with van der Waals surface area (Å²) in [5.41, 5.74) is 4.50. The molecule has 40 nitrogen and oxygen atoms in total. The van der Waals surface area contributed by atoms with Crippen molar-refractivity contribution in [2.75, 3.05) is 121 Å². The van der Waals surface area contributed by atoms with Gasteiger partial charge < -0.3 is 103 Å². The molecule has 56 heteroatoms. The molecule has 4 aliphatic heterocycles. The van der Waals surface area contributed by atoms with Gasteiger partial charge >= 0.3 is 0 Å². The fraction of sp³-hybridized carbons (Fsp3) is 0.435. The van der Waals surface area contributed by atoms with Crippen molar-refractivity contribution in [2.24, 2.45) is 0 Å². The number of rotatable bonds is 36. The van der Waals surface area contributed by atoms with Crippen molar-refractivity contribution in [3.05, 3.63) is 205 Å². The smallest absolute Gasteiger partial charge is 0.276 e. The van der Waals surface area contributed by atoms with E-state index in [9.17, 15) is 94.3 Å². The van der Waals surface area contributed by atoms with Gasteiger partial charge in [-0.2, -0.15) is 0 Å². The minimum absolute atomic E-state index is 0. The number of benzene rings is 4. The molecule has 12 N–H and O–H groups in total. The second-order valence-electron chi connectivity index (χ2n) is 33.4. The molecule has 8 unspecified atom stereocenters. The molecule has 12 radical (unpaired) electrons. The van der Waals surface area contributed by atoms with Gasteiger partial charge in [0.1, 0.15) is 82.0 Å². The second-order valence-corrected chi connectivity index (χ2v) is 33.4. The second kappa shape index (κ2) is 73.9. The maximum Gasteiger partial charge on any atom is 0.276 e. The Hall–Kier alpha value is -1.79. The van der Waals surface area contributed by atoms with Gasteiger partial charge in [-0.25, -0.2) is 37.5 Å². The molecule has 0 saturated carbocycles. The SMILES string of the molecule is CC(=O)C([18F])C[C@@H](NC(=O)c1ccc([N-]CC2CNc3nc(C)[nH]c(=O)c3N2C)cc1)C(C)=O.CC(=O)C([18F])C[C@H](NC(=O)c1ccc([N-]CC2CNc3nc(C)[nH]c(=O)c3N2C)cc1)C(C)=O.CC(=O)CC([18F])[C@@H](NC(=O)c1ccc([N-]CC2CNc3nc(C)[nH]c(=O)c3N2C)cc1)C(C)=O.CC(=O)CC([18F])[C@H](NC(=O)c1ccc([N-]CC2CNc3nc(C)[nH]c(=O)c3N2C)cc1)C(C)=O.[Y].[Y].[Y].[Y].[Y].[Y].[Y].[Y].[Y].[Y].[Y].[Y]. The molecule has 4 aliphatic rings. The predicted molar refractivity (Wildman–Crippen MR) is 507 cm³/mol. The molecule has 764 valence electrons. The van der Waals surface area contributed by atoms with Crippen LogP contribution in [0.25, 0.3) is 21.3 Å². The number of Topliss-reactive ketones (excluding diaryl/α,β-unsaturated/α-hetero) is 8. The number of anilines is 8. The number of nitrogens with one attached hydrogen (secondary N) is 12. The Kier molecular flexibility index (Phi) is 76.1. The van der Waals surface area contributed by atoms with Crippen LogP contribution in [0.15, 0.2) is 116 Å². The fourth-order valence-electron chi connectivity index (χ4n) is 14.7. The number of alkyl halides is 4. The molecule has 148 heavy (non-hydrogen) atoms. The van der Waals surface area contributed by atoms with Crippen LogP contribution >= 0.6 is 0 Å². The van der Waals surface area contributed by atoms with Gasteiger partial charge in [-0.1, -0.05) is 97.1 Å². The third-order valence-corrected chi connectivity index (χ3v) is 22.6. The summed E-state index contributed by atoms with van der Waals surface area (Å²) in [5, 5.41) is 40.6. The van der Waals surface area contributed by atoms with E-state index in [1.54, 1.807) is 100 Å². The Morgan fingerprint density at radius 3 is 0.689 bits per heavy atom. The zero-order chi connectivity index (χ0) is 100.0. The zero-order valence-corrected chi connectivity index (χ0v) is 119. The number of H-pyrrole nitrogens is 4. The minimum Gasteiger partial charge on any atom is -0.683 e. The molecule has 8 aromatic rings. The van der Waals surface area contributed by atoms with Crippen molar-refractivity contribution < 1.29 is 468 Å². The van der Waals surface area contributed by atoms with Crippen LogP contribution in [0.1, 0.15) is 146 Å². The van der Waals surface area contributed by atoms with Gasteiger partial charge in [0.05, 0.1) is 12.1 Å². The molecule has 0 bridgehead atoms. The van der Waals surface area contributed by atoms with Crippen LogP contribution in [0.5, 0.6) is 0 Å². The van der Waals surface area contributed by atoms with Gasteiger partial charge in [-0.3, -0.25) is 76.7 Å². The van der Waals surface area contributed by atoms with Gasteiger partial charge in [-0.05, 0) is 83.1 Å². The number of halogens is 4. The van der Waals surface area contributed by atoms with Crippen molar-refractivity contribution in [1.82, 2.24) is 61.1 Å². The zero-order valence-electron chi connectivity index (χ0n) is 85.0. The maximum absolute atomic E-state index is 14.2. The quantitative estimate of drug-likeness (QED) is 0.0165. The first-order chi connectivity index (χ1) is 64.2. The Morgan fingerprint density at radius 2 is 0.514 bits per heavy atom. The van der Waals surface area contributed by atoms with Crippen molar-refractivity contribution >= 4 is 139 Å². The minimum atomic E-state index is -1.81. The largest absolute Gasteiger partial charge is 0.683 e. The molecule has 4 aromatic heterocycles. The van der Waals surface area contributed by atoms with Crippen LogP contribution in [-0.4, -0.2) is 263 Å². The van der Waals surface area contributed by atoms with E-state index in [0.717, 1.165) is 13.8 Å². The maximum atomic E-state index is 14.2. The van der Waals surface area contributed by atoms with Gasteiger partial charge in [-0.15, -0.1) is 48.9 Å². The third-order valence-electron chi connectivity index (χ3n) is 22.6. The summed E-state index contributed by atoms with van der Waals surface area (Å²) >= 11 is 0. The summed E-state index contributed by atoms with van der Waals surface area (Å²) in [6.07, 6.45) is -8.88. The Bertz CT molecular complexity index is 5670. The van der Waals surface area contributed by atoms with Gasteiger partial charge in [0, 0.05) is 519 Å². The topological polar surface area (TPSA) is 553 Å². The van der Waals surface area contributed by atoms with Crippen LogP contribution in [0, 0.1) is 27.7 Å². The molecular weight excluding hydrogens is 2840 g/mol. The van der Waals surface area contributed by atoms with E-state index >= 15 is 0 Å². The van der Waals surface area contributed by atoms with E-state index in [1.165, 1.54) is 65.8 Å². The number of hydrogen-bond acceptors (Lipinski definition) is 28. The Morgan fingerprint density at radius 1 is 0.318 bits per heavy atom. The third kappa shape index (κ3) is 45.8. The molecule has 4 amide bonds. The van der Waals surface area contributed by atoms with Gasteiger partial charge in [0.25, 0.3) is 45.9 Å². The molecule has 12 atom stereocenters. The normalized spacial score (nSPS) is 15.3. The van der Waals surface area contributed by atoms with Crippen molar-refractivity contribution in [1.29, 1.82) is 0 Å². The molecule has 0 saturated heterocycles. The number of hydrogen-bond donors (Lipinski definition) is 12. The first-order valence-corrected chi connectivity index (χ1v) is 43.5. The Labute approximate surface area is 1160 Å². The summed E-state index contributed by atoms with van der Waals surface area (Å²) < 4.78 is 56.0. The number of carbonyl (C=O) groups excluding carboxylic acids is 12. The number of fused-ring (bicyclic) bond motifs is 4. The van der Waals surface area contributed by atoms with Crippen LogP contribution in [0.4, 0.5) is 86.3 Å². The molecule has 0 fully saturated rings. The van der Waals surface area contributed by atoms with Crippen LogP contribution < -0.4 is 84.4 Å². The number of aromatic amines is 4. The van der Waals surface area contributed by atoms with E-state index in [0.29, 0.717) is 144 Å².